The second-order valence-corrected chi connectivity index (χ2v) is 8.30. The van der Waals surface area contributed by atoms with E-state index >= 15 is 0 Å². The molecule has 3 heterocycles. The van der Waals surface area contributed by atoms with E-state index in [0.29, 0.717) is 19.8 Å². The van der Waals surface area contributed by atoms with Crippen LogP contribution in [-0.4, -0.2) is 59.5 Å². The van der Waals surface area contributed by atoms with Gasteiger partial charge in [-0.05, 0) is 30.7 Å². The number of rotatable bonds is 5. The average molecular weight is 425 g/mol. The predicted octanol–water partition coefficient (Wildman–Crippen LogP) is 3.34. The van der Waals surface area contributed by atoms with Crippen molar-refractivity contribution < 1.29 is 14.2 Å². The Morgan fingerprint density at radius 1 is 1.00 bits per heavy atom. The summed E-state index contributed by atoms with van der Waals surface area (Å²) in [4.78, 5) is 2.24. The number of benzene rings is 2. The molecule has 1 aromatic heterocycles. The number of hydrogen-bond acceptors (Lipinski definition) is 7. The van der Waals surface area contributed by atoms with Gasteiger partial charge < -0.3 is 19.1 Å². The molecule has 2 aliphatic heterocycles. The maximum Gasteiger partial charge on any atom is 0.232 e. The topological polar surface area (TPSA) is 61.6 Å². The van der Waals surface area contributed by atoms with Crippen molar-refractivity contribution in [1.82, 2.24) is 14.8 Å². The van der Waals surface area contributed by atoms with Gasteiger partial charge in [-0.25, -0.2) is 0 Å². The van der Waals surface area contributed by atoms with Crippen molar-refractivity contribution >= 4 is 17.7 Å². The van der Waals surface area contributed by atoms with Gasteiger partial charge in [-0.2, -0.15) is 0 Å². The fraction of sp³-hybridized carbons (Fsp3) is 0.364. The van der Waals surface area contributed by atoms with Gasteiger partial charge in [0.2, 0.25) is 5.95 Å². The smallest absolute Gasteiger partial charge is 0.232 e. The summed E-state index contributed by atoms with van der Waals surface area (Å²) in [7, 11) is 0. The van der Waals surface area contributed by atoms with E-state index in [9.17, 15) is 0 Å². The quantitative estimate of drug-likeness (QED) is 0.582. The number of thioether (sulfide) groups is 1. The molecule has 2 aliphatic rings. The molecule has 1 fully saturated rings. The van der Waals surface area contributed by atoms with Crippen LogP contribution in [0.1, 0.15) is 5.56 Å². The first-order chi connectivity index (χ1) is 14.8. The summed E-state index contributed by atoms with van der Waals surface area (Å²) >= 11 is 1.64. The summed E-state index contributed by atoms with van der Waals surface area (Å²) in [5.74, 6) is 3.18. The van der Waals surface area contributed by atoms with Crippen LogP contribution >= 0.6 is 11.8 Å². The predicted molar refractivity (Wildman–Crippen MR) is 116 cm³/mol. The Balaban J connectivity index is 1.40. The Hall–Kier alpha value is -2.71. The van der Waals surface area contributed by atoms with Gasteiger partial charge in [0.25, 0.3) is 0 Å². The number of para-hydroxylation sites is 3. The van der Waals surface area contributed by atoms with Crippen LogP contribution in [0.4, 0.5) is 5.95 Å². The third-order valence-electron chi connectivity index (χ3n) is 5.23. The van der Waals surface area contributed by atoms with Crippen molar-refractivity contribution in [2.75, 3.05) is 43.6 Å². The first kappa shape index (κ1) is 19.3. The zero-order chi connectivity index (χ0) is 20.3. The Kier molecular flexibility index (Phi) is 5.50. The van der Waals surface area contributed by atoms with E-state index in [4.69, 9.17) is 14.2 Å². The number of aromatic nitrogens is 3. The lowest BCUT2D eigenvalue weighted by atomic mass is 10.2. The number of hydrogen-bond donors (Lipinski definition) is 0. The first-order valence-corrected chi connectivity index (χ1v) is 11.1. The van der Waals surface area contributed by atoms with E-state index < -0.39 is 0 Å². The molecule has 2 aromatic carbocycles. The van der Waals surface area contributed by atoms with Crippen LogP contribution in [0, 0.1) is 6.92 Å². The standard InChI is InChI=1S/C22H24N4O3S/c1-16-6-2-3-7-18(16)26-21(25-10-12-27-13-11-25)23-24-22(26)30-15-17-14-28-19-8-4-5-9-20(19)29-17/h2-9,17H,10-15H2,1H3/t17-/m1/s1. The zero-order valence-corrected chi connectivity index (χ0v) is 17.7. The third-order valence-corrected chi connectivity index (χ3v) is 6.29. The van der Waals surface area contributed by atoms with Crippen LogP contribution in [-0.2, 0) is 4.74 Å². The lowest BCUT2D eigenvalue weighted by molar-refractivity contribution is 0.107. The van der Waals surface area contributed by atoms with Gasteiger partial charge in [-0.1, -0.05) is 42.1 Å². The van der Waals surface area contributed by atoms with Crippen molar-refractivity contribution in [3.05, 3.63) is 54.1 Å². The summed E-state index contributed by atoms with van der Waals surface area (Å²) in [6.07, 6.45) is -0.0428. The molecule has 0 radical (unpaired) electrons. The van der Waals surface area contributed by atoms with Crippen LogP contribution in [0.5, 0.6) is 11.5 Å². The van der Waals surface area contributed by atoms with Gasteiger partial charge in [0.05, 0.1) is 18.9 Å². The second kappa shape index (κ2) is 8.57. The van der Waals surface area contributed by atoms with Crippen molar-refractivity contribution in [3.63, 3.8) is 0 Å². The van der Waals surface area contributed by atoms with Crippen molar-refractivity contribution in [3.8, 4) is 17.2 Å². The fourth-order valence-corrected chi connectivity index (χ4v) is 4.57. The molecule has 1 saturated heterocycles. The highest BCUT2D eigenvalue weighted by Crippen LogP contribution is 2.34. The van der Waals surface area contributed by atoms with Gasteiger partial charge >= 0.3 is 0 Å². The summed E-state index contributed by atoms with van der Waals surface area (Å²) < 4.78 is 19.6. The van der Waals surface area contributed by atoms with Gasteiger partial charge in [-0.3, -0.25) is 4.57 Å². The van der Waals surface area contributed by atoms with Crippen LogP contribution in [0.15, 0.2) is 53.7 Å². The van der Waals surface area contributed by atoms with Crippen LogP contribution < -0.4 is 14.4 Å². The fourth-order valence-electron chi connectivity index (χ4n) is 3.66. The SMILES string of the molecule is Cc1ccccc1-n1c(SC[C@H]2COc3ccccc3O2)nnc1N1CCOCC1. The minimum atomic E-state index is -0.0428. The van der Waals surface area contributed by atoms with E-state index in [2.05, 4.69) is 50.9 Å². The summed E-state index contributed by atoms with van der Waals surface area (Å²) in [5.41, 5.74) is 2.28. The van der Waals surface area contributed by atoms with Crippen molar-refractivity contribution in [2.45, 2.75) is 18.2 Å². The maximum absolute atomic E-state index is 6.12. The lowest BCUT2D eigenvalue weighted by Crippen LogP contribution is -2.38. The van der Waals surface area contributed by atoms with E-state index in [-0.39, 0.29) is 6.10 Å². The molecule has 0 spiro atoms. The highest BCUT2D eigenvalue weighted by Gasteiger charge is 2.25. The number of fused-ring (bicyclic) bond motifs is 1. The second-order valence-electron chi connectivity index (χ2n) is 7.31. The third kappa shape index (κ3) is 3.85. The monoisotopic (exact) mass is 424 g/mol. The number of aryl methyl sites for hydroxylation is 1. The molecule has 0 saturated carbocycles. The van der Waals surface area contributed by atoms with Gasteiger partial charge in [-0.15, -0.1) is 10.2 Å². The Labute approximate surface area is 180 Å². The van der Waals surface area contributed by atoms with Gasteiger partial charge in [0.15, 0.2) is 16.7 Å². The molecule has 7 nitrogen and oxygen atoms in total. The Morgan fingerprint density at radius 2 is 1.77 bits per heavy atom. The number of morpholine rings is 1. The molecule has 30 heavy (non-hydrogen) atoms. The van der Waals surface area contributed by atoms with Crippen LogP contribution in [0.2, 0.25) is 0 Å². The average Bonchev–Trinajstić information content (AvgIpc) is 3.22. The zero-order valence-electron chi connectivity index (χ0n) is 16.9. The molecule has 156 valence electrons. The van der Waals surface area contributed by atoms with E-state index in [0.717, 1.165) is 47.1 Å². The highest BCUT2D eigenvalue weighted by atomic mass is 32.2. The molecule has 0 N–H and O–H groups in total. The largest absolute Gasteiger partial charge is 0.486 e. The van der Waals surface area contributed by atoms with Gasteiger partial charge in [0.1, 0.15) is 12.7 Å². The minimum Gasteiger partial charge on any atom is -0.486 e. The Morgan fingerprint density at radius 3 is 2.60 bits per heavy atom. The molecule has 0 unspecified atom stereocenters. The van der Waals surface area contributed by atoms with E-state index in [1.165, 1.54) is 5.56 Å². The first-order valence-electron chi connectivity index (χ1n) is 10.1. The molecule has 0 amide bonds. The lowest BCUT2D eigenvalue weighted by Gasteiger charge is -2.28. The minimum absolute atomic E-state index is 0.0428. The Bertz CT molecular complexity index is 1020. The summed E-state index contributed by atoms with van der Waals surface area (Å²) in [6.45, 7) is 5.67. The number of anilines is 1. The van der Waals surface area contributed by atoms with E-state index in [1.807, 2.05) is 24.3 Å². The van der Waals surface area contributed by atoms with Crippen LogP contribution in [0.25, 0.3) is 5.69 Å². The summed E-state index contributed by atoms with van der Waals surface area (Å²) in [5, 5.41) is 9.94. The molecule has 5 rings (SSSR count). The number of nitrogens with zero attached hydrogens (tertiary/aromatic N) is 4. The molecular formula is C22H24N4O3S. The normalized spacial score (nSPS) is 18.4. The number of ether oxygens (including phenoxy) is 3. The highest BCUT2D eigenvalue weighted by molar-refractivity contribution is 7.99. The molecule has 8 heteroatoms. The maximum atomic E-state index is 6.12. The molecule has 1 atom stereocenters. The van der Waals surface area contributed by atoms with Crippen LogP contribution in [0.3, 0.4) is 0 Å². The molecular weight excluding hydrogens is 400 g/mol. The van der Waals surface area contributed by atoms with E-state index in [1.54, 1.807) is 11.8 Å². The molecule has 3 aromatic rings. The van der Waals surface area contributed by atoms with Gasteiger partial charge in [0, 0.05) is 18.8 Å². The molecule has 0 aliphatic carbocycles. The van der Waals surface area contributed by atoms with Crippen molar-refractivity contribution in [1.29, 1.82) is 0 Å². The van der Waals surface area contributed by atoms with Crippen molar-refractivity contribution in [2.24, 2.45) is 0 Å². The summed E-state index contributed by atoms with van der Waals surface area (Å²) in [6, 6.07) is 16.1. The molecule has 0 bridgehead atoms.